The number of nitrogens with one attached hydrogen (secondary N) is 1. The fourth-order valence-electron chi connectivity index (χ4n) is 3.05. The largest absolute Gasteiger partial charge is 0.396 e. The van der Waals surface area contributed by atoms with Gasteiger partial charge in [0.25, 0.3) is 5.91 Å². The summed E-state index contributed by atoms with van der Waals surface area (Å²) in [5.74, 6) is -0.255. The Hall–Kier alpha value is -2.52. The maximum absolute atomic E-state index is 12.9. The summed E-state index contributed by atoms with van der Waals surface area (Å²) in [6, 6.07) is 14.5. The molecular weight excluding hydrogens is 409 g/mol. The third kappa shape index (κ3) is 4.91. The van der Waals surface area contributed by atoms with Gasteiger partial charge in [-0.05, 0) is 48.0 Å². The summed E-state index contributed by atoms with van der Waals surface area (Å²) in [6.07, 6.45) is 0. The van der Waals surface area contributed by atoms with Crippen molar-refractivity contribution in [3.63, 3.8) is 0 Å². The number of aliphatic hydroxyl groups excluding tert-OH is 1. The number of nitriles is 1. The Labute approximate surface area is 179 Å². The maximum Gasteiger partial charge on any atom is 0.267 e. The van der Waals surface area contributed by atoms with Crippen LogP contribution in [-0.2, 0) is 6.54 Å². The highest BCUT2D eigenvalue weighted by atomic mass is 35.5. The van der Waals surface area contributed by atoms with E-state index in [-0.39, 0.29) is 12.5 Å². The van der Waals surface area contributed by atoms with E-state index in [2.05, 4.69) is 11.4 Å². The van der Waals surface area contributed by atoms with Crippen molar-refractivity contribution >= 4 is 40.0 Å². The van der Waals surface area contributed by atoms with Gasteiger partial charge in [-0.15, -0.1) is 0 Å². The van der Waals surface area contributed by atoms with Crippen molar-refractivity contribution in [2.75, 3.05) is 13.2 Å². The molecule has 0 aliphatic rings. The molecule has 1 amide bonds. The number of rotatable bonds is 6. The van der Waals surface area contributed by atoms with Gasteiger partial charge in [0.05, 0.1) is 11.6 Å². The second kappa shape index (κ2) is 8.46. The highest BCUT2D eigenvalue weighted by molar-refractivity contribution is 6.34. The molecule has 0 aliphatic heterocycles. The minimum atomic E-state index is -0.430. The van der Waals surface area contributed by atoms with E-state index in [0.717, 1.165) is 16.5 Å². The molecule has 2 aromatic carbocycles. The van der Waals surface area contributed by atoms with Gasteiger partial charge in [0.15, 0.2) is 0 Å². The van der Waals surface area contributed by atoms with Crippen LogP contribution in [0.25, 0.3) is 10.9 Å². The molecule has 0 atom stereocenters. The number of nitrogens with zero attached hydrogens (tertiary/aromatic N) is 2. The van der Waals surface area contributed by atoms with Crippen LogP contribution in [-0.4, -0.2) is 28.7 Å². The number of carbonyl (C=O) groups excluding carboxylic acids is 1. The fraction of sp³-hybridized carbons (Fsp3) is 0.273. The normalized spacial score (nSPS) is 11.4. The van der Waals surface area contributed by atoms with E-state index in [9.17, 15) is 15.2 Å². The van der Waals surface area contributed by atoms with Crippen molar-refractivity contribution < 1.29 is 9.90 Å². The Morgan fingerprint density at radius 1 is 1.17 bits per heavy atom. The van der Waals surface area contributed by atoms with Crippen molar-refractivity contribution in [1.29, 1.82) is 5.26 Å². The minimum absolute atomic E-state index is 0.0389. The molecule has 0 bridgehead atoms. The number of amides is 1. The SMILES string of the molecule is CC(C)(CO)CNC(=O)c1cc2cc(C#N)ccc2n1Cc1cc(Cl)cc(Cl)c1. The van der Waals surface area contributed by atoms with Gasteiger partial charge >= 0.3 is 0 Å². The van der Waals surface area contributed by atoms with E-state index >= 15 is 0 Å². The lowest BCUT2D eigenvalue weighted by Crippen LogP contribution is -2.36. The Morgan fingerprint density at radius 2 is 1.86 bits per heavy atom. The molecule has 3 aromatic rings. The van der Waals surface area contributed by atoms with Crippen molar-refractivity contribution in [1.82, 2.24) is 9.88 Å². The van der Waals surface area contributed by atoms with Gasteiger partial charge in [-0.25, -0.2) is 0 Å². The third-order valence-electron chi connectivity index (χ3n) is 4.68. The number of aromatic nitrogens is 1. The minimum Gasteiger partial charge on any atom is -0.396 e. The summed E-state index contributed by atoms with van der Waals surface area (Å²) in [6.45, 7) is 4.42. The van der Waals surface area contributed by atoms with E-state index in [1.54, 1.807) is 36.4 Å². The average Bonchev–Trinajstić information content (AvgIpc) is 3.03. The first-order valence-electron chi connectivity index (χ1n) is 9.10. The van der Waals surface area contributed by atoms with E-state index < -0.39 is 5.41 Å². The highest BCUT2D eigenvalue weighted by Crippen LogP contribution is 2.25. The predicted octanol–water partition coefficient (Wildman–Crippen LogP) is 4.62. The summed E-state index contributed by atoms with van der Waals surface area (Å²) < 4.78 is 1.87. The van der Waals surface area contributed by atoms with E-state index in [0.29, 0.717) is 34.4 Å². The summed E-state index contributed by atoms with van der Waals surface area (Å²) >= 11 is 12.3. The van der Waals surface area contributed by atoms with Crippen molar-refractivity contribution in [2.45, 2.75) is 20.4 Å². The van der Waals surface area contributed by atoms with Crippen LogP contribution in [0, 0.1) is 16.7 Å². The van der Waals surface area contributed by atoms with Gasteiger partial charge in [-0.1, -0.05) is 37.0 Å². The molecule has 0 saturated carbocycles. The van der Waals surface area contributed by atoms with Crippen LogP contribution < -0.4 is 5.32 Å². The summed E-state index contributed by atoms with van der Waals surface area (Å²) in [4.78, 5) is 12.9. The van der Waals surface area contributed by atoms with Gasteiger partial charge in [-0.2, -0.15) is 5.26 Å². The topological polar surface area (TPSA) is 78.1 Å². The monoisotopic (exact) mass is 429 g/mol. The first-order chi connectivity index (χ1) is 13.7. The van der Waals surface area contributed by atoms with Crippen LogP contribution in [0.4, 0.5) is 0 Å². The van der Waals surface area contributed by atoms with Crippen molar-refractivity contribution in [3.8, 4) is 6.07 Å². The first kappa shape index (κ1) is 21.2. The molecular formula is C22H21Cl2N3O2. The van der Waals surface area contributed by atoms with Gasteiger partial charge < -0.3 is 15.0 Å². The van der Waals surface area contributed by atoms with Crippen LogP contribution in [0.2, 0.25) is 10.0 Å². The number of aliphatic hydroxyl groups is 1. The zero-order valence-corrected chi connectivity index (χ0v) is 17.7. The van der Waals surface area contributed by atoms with Crippen molar-refractivity contribution in [2.24, 2.45) is 5.41 Å². The molecule has 0 aliphatic carbocycles. The van der Waals surface area contributed by atoms with Crippen LogP contribution in [0.5, 0.6) is 0 Å². The zero-order chi connectivity index (χ0) is 21.2. The molecule has 0 saturated heterocycles. The van der Waals surface area contributed by atoms with Crippen molar-refractivity contribution in [3.05, 3.63) is 69.3 Å². The van der Waals surface area contributed by atoms with E-state index in [1.807, 2.05) is 24.5 Å². The van der Waals surface area contributed by atoms with Crippen LogP contribution >= 0.6 is 23.2 Å². The molecule has 2 N–H and O–H groups in total. The molecule has 5 nitrogen and oxygen atoms in total. The van der Waals surface area contributed by atoms with Gasteiger partial charge in [0, 0.05) is 46.1 Å². The van der Waals surface area contributed by atoms with Crippen LogP contribution in [0.1, 0.15) is 35.5 Å². The first-order valence-corrected chi connectivity index (χ1v) is 9.85. The number of carbonyl (C=O) groups is 1. The average molecular weight is 430 g/mol. The van der Waals surface area contributed by atoms with Gasteiger partial charge in [0.2, 0.25) is 0 Å². The molecule has 0 fully saturated rings. The predicted molar refractivity (Wildman–Crippen MR) is 115 cm³/mol. The molecule has 0 unspecified atom stereocenters. The zero-order valence-electron chi connectivity index (χ0n) is 16.2. The Morgan fingerprint density at radius 3 is 2.48 bits per heavy atom. The smallest absolute Gasteiger partial charge is 0.267 e. The lowest BCUT2D eigenvalue weighted by Gasteiger charge is -2.22. The van der Waals surface area contributed by atoms with Crippen LogP contribution in [0.15, 0.2) is 42.5 Å². The molecule has 3 rings (SSSR count). The standard InChI is InChI=1S/C22H21Cl2N3O2/c1-22(2,13-28)12-26-21(29)20-8-16-5-14(10-25)3-4-19(16)27(20)11-15-6-17(23)9-18(24)7-15/h3-9,28H,11-13H2,1-2H3,(H,26,29). The second-order valence-corrected chi connectivity index (χ2v) is 8.66. The van der Waals surface area contributed by atoms with Gasteiger partial charge in [-0.3, -0.25) is 4.79 Å². The number of hydrogen-bond donors (Lipinski definition) is 2. The quantitative estimate of drug-likeness (QED) is 0.599. The molecule has 1 heterocycles. The van der Waals surface area contributed by atoms with Crippen LogP contribution in [0.3, 0.4) is 0 Å². The highest BCUT2D eigenvalue weighted by Gasteiger charge is 2.21. The summed E-state index contributed by atoms with van der Waals surface area (Å²) in [5.41, 5.74) is 2.23. The summed E-state index contributed by atoms with van der Waals surface area (Å²) in [7, 11) is 0. The number of fused-ring (bicyclic) bond motifs is 1. The second-order valence-electron chi connectivity index (χ2n) is 7.78. The lowest BCUT2D eigenvalue weighted by molar-refractivity contribution is 0.0903. The summed E-state index contributed by atoms with van der Waals surface area (Å²) in [5, 5.41) is 23.4. The number of halogens is 2. The molecule has 7 heteroatoms. The third-order valence-corrected chi connectivity index (χ3v) is 5.12. The molecule has 150 valence electrons. The molecule has 29 heavy (non-hydrogen) atoms. The van der Waals surface area contributed by atoms with E-state index in [1.165, 1.54) is 0 Å². The fourth-order valence-corrected chi connectivity index (χ4v) is 3.62. The van der Waals surface area contributed by atoms with Gasteiger partial charge in [0.1, 0.15) is 5.69 Å². The lowest BCUT2D eigenvalue weighted by atomic mass is 9.95. The molecule has 0 radical (unpaired) electrons. The Balaban J connectivity index is 2.04. The Kier molecular flexibility index (Phi) is 6.18. The number of hydrogen-bond acceptors (Lipinski definition) is 3. The Bertz CT molecular complexity index is 1090. The molecule has 1 aromatic heterocycles. The number of benzene rings is 2. The molecule has 0 spiro atoms. The van der Waals surface area contributed by atoms with E-state index in [4.69, 9.17) is 23.2 Å². The maximum atomic E-state index is 12.9.